The van der Waals surface area contributed by atoms with Crippen LogP contribution in [0.3, 0.4) is 0 Å². The number of benzene rings is 1. The molecule has 1 aliphatic carbocycles. The van der Waals surface area contributed by atoms with E-state index in [2.05, 4.69) is 10.6 Å². The third-order valence-corrected chi connectivity index (χ3v) is 5.08. The standard InChI is InChI=1S/C20H28F2N4O4/c1-13(10-23-20(29)24-17-9-15(21)6-7-16(17)22)8-19(28)26(12-18(27)25-30)11-14-4-2-3-5-14/h6-7,9,13-14,30H,2-5,8,10-12H2,1H3,(H,25,27)(H2,23,24,29)/t13-/m0/s1. The highest BCUT2D eigenvalue weighted by Crippen LogP contribution is 2.26. The summed E-state index contributed by atoms with van der Waals surface area (Å²) in [5, 5.41) is 13.5. The van der Waals surface area contributed by atoms with E-state index in [0.717, 1.165) is 43.9 Å². The molecule has 1 aromatic carbocycles. The van der Waals surface area contributed by atoms with Crippen LogP contribution in [0, 0.1) is 23.5 Å². The average Bonchev–Trinajstić information content (AvgIpc) is 3.21. The lowest BCUT2D eigenvalue weighted by atomic mass is 10.0. The molecule has 0 bridgehead atoms. The lowest BCUT2D eigenvalue weighted by molar-refractivity contribution is -0.140. The van der Waals surface area contributed by atoms with Crippen molar-refractivity contribution >= 4 is 23.5 Å². The summed E-state index contributed by atoms with van der Waals surface area (Å²) in [6.45, 7) is 2.09. The van der Waals surface area contributed by atoms with E-state index in [1.54, 1.807) is 12.4 Å². The van der Waals surface area contributed by atoms with E-state index in [-0.39, 0.29) is 37.0 Å². The number of carbonyl (C=O) groups excluding carboxylic acids is 3. The molecule has 1 fully saturated rings. The van der Waals surface area contributed by atoms with Crippen LogP contribution in [0.5, 0.6) is 0 Å². The van der Waals surface area contributed by atoms with E-state index in [1.807, 2.05) is 0 Å². The molecule has 10 heteroatoms. The Hall–Kier alpha value is -2.75. The molecule has 1 aromatic rings. The SMILES string of the molecule is C[C@H](CNC(=O)Nc1cc(F)ccc1F)CC(=O)N(CC(=O)NO)CC1CCCC1. The molecular weight excluding hydrogens is 398 g/mol. The number of hydroxylamine groups is 1. The van der Waals surface area contributed by atoms with Crippen molar-refractivity contribution in [3.8, 4) is 0 Å². The van der Waals surface area contributed by atoms with E-state index in [9.17, 15) is 23.2 Å². The maximum atomic E-state index is 13.6. The molecule has 0 aliphatic heterocycles. The Morgan fingerprint density at radius 3 is 2.60 bits per heavy atom. The first-order valence-corrected chi connectivity index (χ1v) is 9.99. The normalized spacial score (nSPS) is 14.8. The number of nitrogens with zero attached hydrogens (tertiary/aromatic N) is 1. The van der Waals surface area contributed by atoms with Gasteiger partial charge in [-0.05, 0) is 36.8 Å². The van der Waals surface area contributed by atoms with E-state index in [1.165, 1.54) is 4.90 Å². The van der Waals surface area contributed by atoms with Crippen LogP contribution >= 0.6 is 0 Å². The van der Waals surface area contributed by atoms with E-state index in [0.29, 0.717) is 12.5 Å². The largest absolute Gasteiger partial charge is 0.338 e. The van der Waals surface area contributed by atoms with Gasteiger partial charge in [0.2, 0.25) is 5.91 Å². The van der Waals surface area contributed by atoms with E-state index < -0.39 is 23.6 Å². The zero-order valence-electron chi connectivity index (χ0n) is 16.9. The van der Waals surface area contributed by atoms with Crippen LogP contribution in [0.15, 0.2) is 18.2 Å². The molecule has 0 heterocycles. The third-order valence-electron chi connectivity index (χ3n) is 5.08. The summed E-state index contributed by atoms with van der Waals surface area (Å²) in [4.78, 5) is 37.6. The van der Waals surface area contributed by atoms with Gasteiger partial charge >= 0.3 is 6.03 Å². The lowest BCUT2D eigenvalue weighted by Crippen LogP contribution is -2.43. The van der Waals surface area contributed by atoms with Gasteiger partial charge in [0.1, 0.15) is 18.2 Å². The maximum Gasteiger partial charge on any atom is 0.319 e. The fourth-order valence-corrected chi connectivity index (χ4v) is 3.49. The summed E-state index contributed by atoms with van der Waals surface area (Å²) in [7, 11) is 0. The quantitative estimate of drug-likeness (QED) is 0.359. The van der Waals surface area contributed by atoms with Gasteiger partial charge in [-0.25, -0.2) is 19.1 Å². The Morgan fingerprint density at radius 1 is 1.23 bits per heavy atom. The summed E-state index contributed by atoms with van der Waals surface area (Å²) in [5.41, 5.74) is 1.26. The van der Waals surface area contributed by atoms with Gasteiger partial charge < -0.3 is 15.5 Å². The molecular formula is C20H28F2N4O4. The Kier molecular flexibility index (Phi) is 8.97. The highest BCUT2D eigenvalue weighted by molar-refractivity contribution is 5.89. The zero-order valence-corrected chi connectivity index (χ0v) is 16.9. The number of halogens is 2. The molecule has 0 radical (unpaired) electrons. The third kappa shape index (κ3) is 7.58. The first-order chi connectivity index (χ1) is 14.3. The number of amides is 4. The van der Waals surface area contributed by atoms with Crippen LogP contribution in [-0.2, 0) is 9.59 Å². The topological polar surface area (TPSA) is 111 Å². The monoisotopic (exact) mass is 426 g/mol. The molecule has 0 spiro atoms. The van der Waals surface area contributed by atoms with Crippen LogP contribution in [-0.4, -0.2) is 47.6 Å². The minimum absolute atomic E-state index is 0.0834. The molecule has 1 aliphatic rings. The van der Waals surface area contributed by atoms with Crippen molar-refractivity contribution in [1.82, 2.24) is 15.7 Å². The number of rotatable bonds is 9. The predicted molar refractivity (Wildman–Crippen MR) is 106 cm³/mol. The number of urea groups is 1. The molecule has 4 amide bonds. The fourth-order valence-electron chi connectivity index (χ4n) is 3.49. The first-order valence-electron chi connectivity index (χ1n) is 9.99. The van der Waals surface area contributed by atoms with Gasteiger partial charge in [-0.3, -0.25) is 14.8 Å². The van der Waals surface area contributed by atoms with Crippen LogP contribution in [0.2, 0.25) is 0 Å². The molecule has 0 aromatic heterocycles. The molecule has 2 rings (SSSR count). The molecule has 0 saturated heterocycles. The van der Waals surface area contributed by atoms with E-state index >= 15 is 0 Å². The van der Waals surface area contributed by atoms with Gasteiger partial charge in [0.05, 0.1) is 5.69 Å². The van der Waals surface area contributed by atoms with Gasteiger partial charge in [0.15, 0.2) is 0 Å². The van der Waals surface area contributed by atoms with Crippen LogP contribution in [0.25, 0.3) is 0 Å². The molecule has 0 unspecified atom stereocenters. The Bertz CT molecular complexity index is 756. The van der Waals surface area contributed by atoms with Crippen molar-refractivity contribution in [3.05, 3.63) is 29.8 Å². The van der Waals surface area contributed by atoms with E-state index in [4.69, 9.17) is 5.21 Å². The number of hydrogen-bond donors (Lipinski definition) is 4. The van der Waals surface area contributed by atoms with Crippen LogP contribution in [0.4, 0.5) is 19.3 Å². The summed E-state index contributed by atoms with van der Waals surface area (Å²) in [6, 6.07) is 2.00. The average molecular weight is 426 g/mol. The smallest absolute Gasteiger partial charge is 0.319 e. The lowest BCUT2D eigenvalue weighted by Gasteiger charge is -2.26. The van der Waals surface area contributed by atoms with Gasteiger partial charge in [0, 0.05) is 25.6 Å². The van der Waals surface area contributed by atoms with Crippen molar-refractivity contribution in [2.45, 2.75) is 39.0 Å². The highest BCUT2D eigenvalue weighted by atomic mass is 19.1. The summed E-state index contributed by atoms with van der Waals surface area (Å²) >= 11 is 0. The molecule has 166 valence electrons. The molecule has 1 saturated carbocycles. The Labute approximate surface area is 174 Å². The number of carbonyl (C=O) groups is 3. The Morgan fingerprint density at radius 2 is 1.93 bits per heavy atom. The van der Waals surface area contributed by atoms with Crippen molar-refractivity contribution in [2.24, 2.45) is 11.8 Å². The second-order valence-electron chi connectivity index (χ2n) is 7.73. The maximum absolute atomic E-state index is 13.6. The van der Waals surface area contributed by atoms with Crippen molar-refractivity contribution in [3.63, 3.8) is 0 Å². The molecule has 4 N–H and O–H groups in total. The van der Waals surface area contributed by atoms with Crippen molar-refractivity contribution in [2.75, 3.05) is 25.0 Å². The summed E-state index contributed by atoms with van der Waals surface area (Å²) < 4.78 is 26.7. The minimum Gasteiger partial charge on any atom is -0.338 e. The minimum atomic E-state index is -0.764. The summed E-state index contributed by atoms with van der Waals surface area (Å²) in [5.74, 6) is -2.29. The first kappa shape index (κ1) is 23.5. The second-order valence-corrected chi connectivity index (χ2v) is 7.73. The van der Waals surface area contributed by atoms with Gasteiger partial charge in [-0.1, -0.05) is 19.8 Å². The van der Waals surface area contributed by atoms with Gasteiger partial charge in [0.25, 0.3) is 5.91 Å². The number of anilines is 1. The van der Waals surface area contributed by atoms with Crippen LogP contribution < -0.4 is 16.1 Å². The molecule has 30 heavy (non-hydrogen) atoms. The van der Waals surface area contributed by atoms with Gasteiger partial charge in [-0.15, -0.1) is 0 Å². The van der Waals surface area contributed by atoms with Crippen LogP contribution in [0.1, 0.15) is 39.0 Å². The summed E-state index contributed by atoms with van der Waals surface area (Å²) in [6.07, 6.45) is 4.28. The zero-order chi connectivity index (χ0) is 22.1. The van der Waals surface area contributed by atoms with Crippen molar-refractivity contribution in [1.29, 1.82) is 0 Å². The fraction of sp³-hybridized carbons (Fsp3) is 0.550. The second kappa shape index (κ2) is 11.4. The van der Waals surface area contributed by atoms with Gasteiger partial charge in [-0.2, -0.15) is 0 Å². The highest BCUT2D eigenvalue weighted by Gasteiger charge is 2.25. The number of hydrogen-bond acceptors (Lipinski definition) is 4. The predicted octanol–water partition coefficient (Wildman–Crippen LogP) is 2.64. The number of nitrogens with one attached hydrogen (secondary N) is 3. The molecule has 1 atom stereocenters. The Balaban J connectivity index is 1.83. The molecule has 8 nitrogen and oxygen atoms in total. The van der Waals surface area contributed by atoms with Crippen molar-refractivity contribution < 1.29 is 28.4 Å².